The highest BCUT2D eigenvalue weighted by molar-refractivity contribution is 5.69. The third kappa shape index (κ3) is 3.65. The monoisotopic (exact) mass is 354 g/mol. The molecule has 1 aliphatic rings. The fourth-order valence-corrected chi connectivity index (χ4v) is 2.90. The Morgan fingerprint density at radius 2 is 1.96 bits per heavy atom. The number of hydrogen-bond donors (Lipinski definition) is 3. The average Bonchev–Trinajstić information content (AvgIpc) is 2.92. The molecule has 2 aromatic rings. The number of aromatic nitrogens is 3. The number of anilines is 1. The summed E-state index contributed by atoms with van der Waals surface area (Å²) in [4.78, 5) is 4.23. The molecule has 9 heteroatoms. The average molecular weight is 354 g/mol. The van der Waals surface area contributed by atoms with Crippen LogP contribution in [-0.4, -0.2) is 37.5 Å². The predicted molar refractivity (Wildman–Crippen MR) is 83.9 cm³/mol. The number of aryl methyl sites for hydroxylation is 1. The Morgan fingerprint density at radius 3 is 2.52 bits per heavy atom. The van der Waals surface area contributed by atoms with Crippen molar-refractivity contribution in [1.29, 1.82) is 0 Å². The van der Waals surface area contributed by atoms with Gasteiger partial charge in [0, 0.05) is 5.56 Å². The van der Waals surface area contributed by atoms with Gasteiger partial charge >= 0.3 is 6.18 Å². The number of phenols is 1. The summed E-state index contributed by atoms with van der Waals surface area (Å²) in [6.45, 7) is 1.62. The van der Waals surface area contributed by atoms with E-state index in [4.69, 9.17) is 0 Å². The second kappa shape index (κ2) is 6.47. The number of nitrogens with zero attached hydrogens (tertiary/aromatic N) is 3. The van der Waals surface area contributed by atoms with Gasteiger partial charge in [-0.2, -0.15) is 13.2 Å². The molecule has 0 radical (unpaired) electrons. The highest BCUT2D eigenvalue weighted by Gasteiger charge is 2.31. The first-order valence-corrected chi connectivity index (χ1v) is 7.82. The lowest BCUT2D eigenvalue weighted by atomic mass is 10.1. The molecule has 3 rings (SSSR count). The van der Waals surface area contributed by atoms with Crippen molar-refractivity contribution in [1.82, 2.24) is 15.2 Å². The molecular formula is C16H17F3N4O2. The number of benzene rings is 1. The fraction of sp³-hybridized carbons (Fsp3) is 0.438. The van der Waals surface area contributed by atoms with Gasteiger partial charge in [0.05, 0.1) is 23.4 Å². The molecule has 1 aliphatic carbocycles. The van der Waals surface area contributed by atoms with Gasteiger partial charge in [-0.05, 0) is 44.4 Å². The van der Waals surface area contributed by atoms with Gasteiger partial charge in [-0.3, -0.25) is 0 Å². The zero-order valence-electron chi connectivity index (χ0n) is 13.4. The molecule has 25 heavy (non-hydrogen) atoms. The van der Waals surface area contributed by atoms with Crippen molar-refractivity contribution in [3.8, 4) is 17.0 Å². The summed E-state index contributed by atoms with van der Waals surface area (Å²) in [7, 11) is 0. The summed E-state index contributed by atoms with van der Waals surface area (Å²) < 4.78 is 38.0. The van der Waals surface area contributed by atoms with Crippen molar-refractivity contribution < 1.29 is 23.4 Å². The zero-order valence-corrected chi connectivity index (χ0v) is 13.4. The molecular weight excluding hydrogens is 337 g/mol. The maximum Gasteiger partial charge on any atom is 0.416 e. The molecule has 2 atom stereocenters. The van der Waals surface area contributed by atoms with Gasteiger partial charge in [0.25, 0.3) is 0 Å². The van der Waals surface area contributed by atoms with E-state index in [-0.39, 0.29) is 23.2 Å². The molecule has 0 aliphatic heterocycles. The largest absolute Gasteiger partial charge is 0.507 e. The summed E-state index contributed by atoms with van der Waals surface area (Å²) in [5, 5.41) is 30.6. The van der Waals surface area contributed by atoms with E-state index in [1.54, 1.807) is 6.92 Å². The van der Waals surface area contributed by atoms with Crippen LogP contribution in [0.1, 0.15) is 30.5 Å². The summed E-state index contributed by atoms with van der Waals surface area (Å²) >= 11 is 0. The molecule has 0 saturated heterocycles. The number of alkyl halides is 3. The van der Waals surface area contributed by atoms with Crippen LogP contribution in [0.25, 0.3) is 11.3 Å². The van der Waals surface area contributed by atoms with Gasteiger partial charge in [0.2, 0.25) is 5.95 Å². The first-order chi connectivity index (χ1) is 11.8. The van der Waals surface area contributed by atoms with Crippen molar-refractivity contribution in [2.75, 3.05) is 5.32 Å². The molecule has 0 spiro atoms. The highest BCUT2D eigenvalue weighted by Crippen LogP contribution is 2.36. The van der Waals surface area contributed by atoms with Gasteiger partial charge in [-0.1, -0.05) is 0 Å². The maximum atomic E-state index is 12.7. The number of phenolic OH excluding ortho intramolecular Hbond substituents is 1. The molecule has 1 fully saturated rings. The number of aliphatic hydroxyl groups excluding tert-OH is 1. The number of halogens is 3. The van der Waals surface area contributed by atoms with Crippen molar-refractivity contribution in [3.63, 3.8) is 0 Å². The Morgan fingerprint density at radius 1 is 1.20 bits per heavy atom. The lowest BCUT2D eigenvalue weighted by molar-refractivity contribution is -0.137. The van der Waals surface area contributed by atoms with Gasteiger partial charge in [-0.25, -0.2) is 4.98 Å². The number of aromatic hydroxyl groups is 1. The molecule has 6 nitrogen and oxygen atoms in total. The Bertz CT molecular complexity index is 782. The molecule has 0 unspecified atom stereocenters. The third-order valence-electron chi connectivity index (χ3n) is 4.24. The van der Waals surface area contributed by atoms with Crippen molar-refractivity contribution in [3.05, 3.63) is 29.5 Å². The molecule has 3 N–H and O–H groups in total. The molecule has 0 amide bonds. The number of aliphatic hydroxyl groups is 1. The van der Waals surface area contributed by atoms with E-state index in [1.165, 1.54) is 0 Å². The Labute approximate surface area is 141 Å². The summed E-state index contributed by atoms with van der Waals surface area (Å²) in [6, 6.07) is 2.52. The standard InChI is InChI=1S/C16H17F3N4O2/c1-8-14(10-6-5-9(7-13(10)25)16(17,18)19)22-23-15(20-8)21-11-3-2-4-12(11)24/h5-7,11-12,24-25H,2-4H2,1H3,(H,20,21,23)/t11-,12-/m1/s1. The van der Waals surface area contributed by atoms with E-state index in [1.807, 2.05) is 0 Å². The van der Waals surface area contributed by atoms with Crippen molar-refractivity contribution in [2.24, 2.45) is 0 Å². The number of hydrogen-bond acceptors (Lipinski definition) is 6. The fourth-order valence-electron chi connectivity index (χ4n) is 2.90. The topological polar surface area (TPSA) is 91.2 Å². The van der Waals surface area contributed by atoms with Crippen LogP contribution in [0.3, 0.4) is 0 Å². The Hall–Kier alpha value is -2.42. The molecule has 1 saturated carbocycles. The third-order valence-corrected chi connectivity index (χ3v) is 4.24. The quantitative estimate of drug-likeness (QED) is 0.785. The van der Waals surface area contributed by atoms with Crippen molar-refractivity contribution >= 4 is 5.95 Å². The van der Waals surface area contributed by atoms with Crippen LogP contribution in [0, 0.1) is 6.92 Å². The van der Waals surface area contributed by atoms with Gasteiger partial charge in [0.1, 0.15) is 11.4 Å². The Kier molecular flexibility index (Phi) is 4.51. The van der Waals surface area contributed by atoms with Gasteiger partial charge < -0.3 is 15.5 Å². The summed E-state index contributed by atoms with van der Waals surface area (Å²) in [5.74, 6) is -0.306. The first-order valence-electron chi connectivity index (χ1n) is 7.82. The number of rotatable bonds is 3. The SMILES string of the molecule is Cc1nc(N[C@@H]2CCC[C@H]2O)nnc1-c1ccc(C(F)(F)F)cc1O. The van der Waals surface area contributed by atoms with Crippen LogP contribution in [0.5, 0.6) is 5.75 Å². The van der Waals surface area contributed by atoms with Crippen LogP contribution in [0.4, 0.5) is 19.1 Å². The molecule has 0 bridgehead atoms. The minimum Gasteiger partial charge on any atom is -0.507 e. The second-order valence-corrected chi connectivity index (χ2v) is 6.05. The highest BCUT2D eigenvalue weighted by atomic mass is 19.4. The van der Waals surface area contributed by atoms with Crippen LogP contribution >= 0.6 is 0 Å². The second-order valence-electron chi connectivity index (χ2n) is 6.05. The van der Waals surface area contributed by atoms with Crippen LogP contribution in [0.15, 0.2) is 18.2 Å². The number of nitrogens with one attached hydrogen (secondary N) is 1. The van der Waals surface area contributed by atoms with E-state index in [0.717, 1.165) is 25.0 Å². The summed E-state index contributed by atoms with van der Waals surface area (Å²) in [5.41, 5.74) is -0.220. The van der Waals surface area contributed by atoms with Crippen LogP contribution < -0.4 is 5.32 Å². The predicted octanol–water partition coefficient (Wildman–Crippen LogP) is 2.90. The Balaban J connectivity index is 1.86. The van der Waals surface area contributed by atoms with Gasteiger partial charge in [-0.15, -0.1) is 10.2 Å². The van der Waals surface area contributed by atoms with Crippen molar-refractivity contribution in [2.45, 2.75) is 44.5 Å². The first kappa shape index (κ1) is 17.4. The molecule has 1 heterocycles. The normalized spacial score (nSPS) is 20.7. The van der Waals surface area contributed by atoms with E-state index in [2.05, 4.69) is 20.5 Å². The molecule has 1 aromatic carbocycles. The minimum atomic E-state index is -4.54. The smallest absolute Gasteiger partial charge is 0.416 e. The minimum absolute atomic E-state index is 0.123. The van der Waals surface area contributed by atoms with E-state index in [9.17, 15) is 23.4 Å². The van der Waals surface area contributed by atoms with Gasteiger partial charge in [0.15, 0.2) is 0 Å². The van der Waals surface area contributed by atoms with Crippen LogP contribution in [0.2, 0.25) is 0 Å². The summed E-state index contributed by atoms with van der Waals surface area (Å²) in [6.07, 6.45) is -2.59. The lowest BCUT2D eigenvalue weighted by Crippen LogP contribution is -2.29. The lowest BCUT2D eigenvalue weighted by Gasteiger charge is -2.16. The van der Waals surface area contributed by atoms with E-state index < -0.39 is 23.6 Å². The van der Waals surface area contributed by atoms with Crippen LogP contribution in [-0.2, 0) is 6.18 Å². The molecule has 134 valence electrons. The maximum absolute atomic E-state index is 12.7. The van der Waals surface area contributed by atoms with E-state index >= 15 is 0 Å². The molecule has 1 aromatic heterocycles. The van der Waals surface area contributed by atoms with E-state index in [0.29, 0.717) is 18.2 Å². The zero-order chi connectivity index (χ0) is 18.2.